The molecule has 0 aliphatic carbocycles. The molecule has 3 heterocycles. The van der Waals surface area contributed by atoms with Crippen LogP contribution in [0.3, 0.4) is 0 Å². The predicted molar refractivity (Wildman–Crippen MR) is 130 cm³/mol. The molecule has 2 aromatic heterocycles. The number of carbonyl (C=O) groups is 1. The van der Waals surface area contributed by atoms with E-state index in [9.17, 15) is 22.8 Å². The lowest BCUT2D eigenvalue weighted by Crippen LogP contribution is -2.49. The highest BCUT2D eigenvalue weighted by atomic mass is 79.9. The van der Waals surface area contributed by atoms with Crippen LogP contribution in [0.4, 0.5) is 18.9 Å². The van der Waals surface area contributed by atoms with Gasteiger partial charge in [-0.2, -0.15) is 13.2 Å². The number of benzene rings is 2. The van der Waals surface area contributed by atoms with Crippen LogP contribution in [0.15, 0.2) is 58.1 Å². The Hall–Kier alpha value is -3.34. The molecule has 1 N–H and O–H groups in total. The standard InChI is InChI=1S/C24H21BrF3N5O2/c25-16-4-5-19-18(13-16)21-22(30-19)23(35)33(14-29-21)7-6-20(34)32-10-8-31(9-11-32)17-3-1-2-15(12-17)24(26,27)28/h1-5,12-14,30H,6-11H2. The first-order chi connectivity index (χ1) is 16.7. The Morgan fingerprint density at radius 2 is 1.86 bits per heavy atom. The lowest BCUT2D eigenvalue weighted by Gasteiger charge is -2.36. The van der Waals surface area contributed by atoms with Crippen LogP contribution in [0.25, 0.3) is 21.9 Å². The quantitative estimate of drug-likeness (QED) is 0.411. The predicted octanol–water partition coefficient (Wildman–Crippen LogP) is 4.40. The number of hydrogen-bond donors (Lipinski definition) is 1. The molecule has 11 heteroatoms. The molecule has 1 amide bonds. The molecule has 35 heavy (non-hydrogen) atoms. The number of hydrogen-bond acceptors (Lipinski definition) is 4. The van der Waals surface area contributed by atoms with E-state index in [1.54, 1.807) is 11.0 Å². The largest absolute Gasteiger partial charge is 0.416 e. The number of nitrogens with one attached hydrogen (secondary N) is 1. The minimum absolute atomic E-state index is 0.110. The highest BCUT2D eigenvalue weighted by Crippen LogP contribution is 2.32. The summed E-state index contributed by atoms with van der Waals surface area (Å²) in [5.41, 5.74) is 1.34. The second-order valence-electron chi connectivity index (χ2n) is 8.45. The summed E-state index contributed by atoms with van der Waals surface area (Å²) in [6.07, 6.45) is -2.81. The first-order valence-electron chi connectivity index (χ1n) is 11.1. The third kappa shape index (κ3) is 4.64. The maximum Gasteiger partial charge on any atom is 0.416 e. The number of carbonyl (C=O) groups excluding carboxylic acids is 1. The summed E-state index contributed by atoms with van der Waals surface area (Å²) in [7, 11) is 0. The number of fused-ring (bicyclic) bond motifs is 3. The highest BCUT2D eigenvalue weighted by molar-refractivity contribution is 9.10. The lowest BCUT2D eigenvalue weighted by molar-refractivity contribution is -0.137. The van der Waals surface area contributed by atoms with E-state index < -0.39 is 11.7 Å². The number of aromatic nitrogens is 3. The number of anilines is 1. The Kier molecular flexibility index (Phi) is 6.04. The number of aryl methyl sites for hydroxylation is 1. The average molecular weight is 548 g/mol. The van der Waals surface area contributed by atoms with Crippen molar-refractivity contribution in [3.63, 3.8) is 0 Å². The fourth-order valence-electron chi connectivity index (χ4n) is 4.39. The van der Waals surface area contributed by atoms with Crippen LogP contribution >= 0.6 is 15.9 Å². The molecule has 0 saturated carbocycles. The van der Waals surface area contributed by atoms with Crippen molar-refractivity contribution in [1.82, 2.24) is 19.4 Å². The first kappa shape index (κ1) is 23.4. The van der Waals surface area contributed by atoms with Crippen molar-refractivity contribution in [2.45, 2.75) is 19.1 Å². The van der Waals surface area contributed by atoms with Gasteiger partial charge in [0, 0.05) is 60.2 Å². The molecule has 0 bridgehead atoms. The zero-order valence-electron chi connectivity index (χ0n) is 18.5. The van der Waals surface area contributed by atoms with Crippen LogP contribution < -0.4 is 10.5 Å². The van der Waals surface area contributed by atoms with Gasteiger partial charge in [-0.25, -0.2) is 4.98 Å². The second kappa shape index (κ2) is 9.03. The zero-order valence-corrected chi connectivity index (χ0v) is 20.1. The summed E-state index contributed by atoms with van der Waals surface area (Å²) in [6, 6.07) is 10.9. The van der Waals surface area contributed by atoms with Crippen LogP contribution in [0, 0.1) is 0 Å². The third-order valence-corrected chi connectivity index (χ3v) is 6.76. The van der Waals surface area contributed by atoms with Gasteiger partial charge in [0.2, 0.25) is 5.91 Å². The normalized spacial score (nSPS) is 14.7. The summed E-state index contributed by atoms with van der Waals surface area (Å²) in [5.74, 6) is -0.110. The zero-order chi connectivity index (χ0) is 24.7. The summed E-state index contributed by atoms with van der Waals surface area (Å²) in [5, 5.41) is 0.841. The van der Waals surface area contributed by atoms with Crippen molar-refractivity contribution in [2.75, 3.05) is 31.1 Å². The van der Waals surface area contributed by atoms with E-state index in [1.165, 1.54) is 17.0 Å². The molecule has 1 saturated heterocycles. The Morgan fingerprint density at radius 1 is 1.09 bits per heavy atom. The van der Waals surface area contributed by atoms with Crippen molar-refractivity contribution in [2.24, 2.45) is 0 Å². The number of nitrogens with zero attached hydrogens (tertiary/aromatic N) is 4. The topological polar surface area (TPSA) is 74.2 Å². The Bertz CT molecular complexity index is 1470. The van der Waals surface area contributed by atoms with E-state index in [2.05, 4.69) is 25.9 Å². The summed E-state index contributed by atoms with van der Waals surface area (Å²) in [6.45, 7) is 1.86. The Balaban J connectivity index is 1.23. The van der Waals surface area contributed by atoms with E-state index in [-0.39, 0.29) is 24.4 Å². The molecule has 0 spiro atoms. The maximum absolute atomic E-state index is 13.0. The summed E-state index contributed by atoms with van der Waals surface area (Å²) in [4.78, 5) is 36.8. The van der Waals surface area contributed by atoms with Gasteiger partial charge in [0.1, 0.15) is 11.0 Å². The molecule has 0 atom stereocenters. The number of aromatic amines is 1. The molecule has 0 radical (unpaired) electrons. The van der Waals surface area contributed by atoms with Gasteiger partial charge < -0.3 is 14.8 Å². The molecule has 5 rings (SSSR count). The first-order valence-corrected chi connectivity index (χ1v) is 11.9. The maximum atomic E-state index is 13.0. The molecular formula is C24H21BrF3N5O2. The van der Waals surface area contributed by atoms with Gasteiger partial charge >= 0.3 is 6.18 Å². The SMILES string of the molecule is O=C(CCn1cnc2c([nH]c3ccc(Br)cc32)c1=O)N1CCN(c2cccc(C(F)(F)F)c2)CC1. The van der Waals surface area contributed by atoms with Gasteiger partial charge in [-0.15, -0.1) is 0 Å². The van der Waals surface area contributed by atoms with E-state index in [1.807, 2.05) is 23.1 Å². The van der Waals surface area contributed by atoms with E-state index in [0.29, 0.717) is 42.9 Å². The molecule has 1 aliphatic rings. The second-order valence-corrected chi connectivity index (χ2v) is 9.36. The molecule has 4 aromatic rings. The van der Waals surface area contributed by atoms with Gasteiger partial charge in [0.25, 0.3) is 5.56 Å². The van der Waals surface area contributed by atoms with Crippen LogP contribution in [-0.2, 0) is 17.5 Å². The smallest absolute Gasteiger partial charge is 0.368 e. The number of piperazine rings is 1. The van der Waals surface area contributed by atoms with E-state index >= 15 is 0 Å². The van der Waals surface area contributed by atoms with Crippen LogP contribution in [0.1, 0.15) is 12.0 Å². The number of rotatable bonds is 4. The van der Waals surface area contributed by atoms with E-state index in [4.69, 9.17) is 0 Å². The molecular weight excluding hydrogens is 527 g/mol. The average Bonchev–Trinajstić information content (AvgIpc) is 3.22. The fraction of sp³-hybridized carbons (Fsp3) is 0.292. The Labute approximate surface area is 206 Å². The monoisotopic (exact) mass is 547 g/mol. The van der Waals surface area contributed by atoms with Gasteiger partial charge in [0.15, 0.2) is 0 Å². The number of amides is 1. The van der Waals surface area contributed by atoms with Gasteiger partial charge in [0.05, 0.1) is 11.9 Å². The molecule has 1 fully saturated rings. The van der Waals surface area contributed by atoms with Crippen molar-refractivity contribution >= 4 is 49.5 Å². The molecule has 182 valence electrons. The van der Waals surface area contributed by atoms with Crippen LogP contribution in [-0.4, -0.2) is 51.5 Å². The minimum Gasteiger partial charge on any atom is -0.368 e. The third-order valence-electron chi connectivity index (χ3n) is 6.27. The highest BCUT2D eigenvalue weighted by Gasteiger charge is 2.31. The molecule has 1 aliphatic heterocycles. The summed E-state index contributed by atoms with van der Waals surface area (Å²) < 4.78 is 41.3. The Morgan fingerprint density at radius 3 is 2.60 bits per heavy atom. The van der Waals surface area contributed by atoms with Gasteiger partial charge in [-0.1, -0.05) is 22.0 Å². The van der Waals surface area contributed by atoms with Crippen molar-refractivity contribution in [1.29, 1.82) is 0 Å². The lowest BCUT2D eigenvalue weighted by atomic mass is 10.1. The molecule has 7 nitrogen and oxygen atoms in total. The van der Waals surface area contributed by atoms with Gasteiger partial charge in [-0.3, -0.25) is 14.2 Å². The fourth-order valence-corrected chi connectivity index (χ4v) is 4.75. The van der Waals surface area contributed by atoms with Crippen molar-refractivity contribution in [3.8, 4) is 0 Å². The van der Waals surface area contributed by atoms with Crippen molar-refractivity contribution in [3.05, 3.63) is 69.2 Å². The number of alkyl halides is 3. The van der Waals surface area contributed by atoms with E-state index in [0.717, 1.165) is 27.5 Å². The van der Waals surface area contributed by atoms with Crippen LogP contribution in [0.5, 0.6) is 0 Å². The minimum atomic E-state index is -4.40. The van der Waals surface area contributed by atoms with Crippen LogP contribution in [0.2, 0.25) is 0 Å². The van der Waals surface area contributed by atoms with Crippen molar-refractivity contribution < 1.29 is 18.0 Å². The molecule has 2 aromatic carbocycles. The van der Waals surface area contributed by atoms with Gasteiger partial charge in [-0.05, 0) is 36.4 Å². The number of H-pyrrole nitrogens is 1. The molecule has 0 unspecified atom stereocenters. The number of halogens is 4. The summed E-state index contributed by atoms with van der Waals surface area (Å²) >= 11 is 3.43.